The fourth-order valence-electron chi connectivity index (χ4n) is 3.53. The Morgan fingerprint density at radius 2 is 1.83 bits per heavy atom. The maximum atomic E-state index is 12.1. The van der Waals surface area contributed by atoms with Gasteiger partial charge in [0.15, 0.2) is 0 Å². The van der Waals surface area contributed by atoms with Gasteiger partial charge in [0.1, 0.15) is 5.56 Å². The third kappa shape index (κ3) is 2.51. The first kappa shape index (κ1) is 14.0. The second-order valence-electron chi connectivity index (χ2n) is 6.06. The largest absolute Gasteiger partial charge is 0.445 e. The van der Waals surface area contributed by atoms with Gasteiger partial charge in [-0.25, -0.2) is 4.79 Å². The number of benzene rings is 1. The van der Waals surface area contributed by atoms with Gasteiger partial charge in [-0.1, -0.05) is 24.3 Å². The molecule has 3 N–H and O–H groups in total. The first-order valence-corrected chi connectivity index (χ1v) is 7.59. The van der Waals surface area contributed by atoms with E-state index in [4.69, 9.17) is 4.74 Å². The number of hydrogen-bond acceptors (Lipinski definition) is 4. The highest BCUT2D eigenvalue weighted by molar-refractivity contribution is 5.70. The molecule has 4 rings (SSSR count). The second kappa shape index (κ2) is 5.24. The Bertz CT molecular complexity index is 884. The Morgan fingerprint density at radius 1 is 1.13 bits per heavy atom. The molecule has 0 bridgehead atoms. The van der Waals surface area contributed by atoms with E-state index in [0.717, 1.165) is 12.8 Å². The summed E-state index contributed by atoms with van der Waals surface area (Å²) in [4.78, 5) is 28.1. The average molecular weight is 312 g/mol. The number of hydrogen-bond donors (Lipinski definition) is 3. The molecular formula is C17H16N2O4. The summed E-state index contributed by atoms with van der Waals surface area (Å²) in [6.07, 6.45) is 2.93. The molecule has 1 atom stereocenters. The van der Waals surface area contributed by atoms with Gasteiger partial charge in [0.25, 0.3) is 5.56 Å². The average Bonchev–Trinajstić information content (AvgIpc) is 2.87. The first-order valence-electron chi connectivity index (χ1n) is 7.59. The minimum atomic E-state index is -1.15. The quantitative estimate of drug-likeness (QED) is 0.770. The molecule has 1 unspecified atom stereocenters. The summed E-state index contributed by atoms with van der Waals surface area (Å²) in [5.41, 5.74) is 2.57. The van der Waals surface area contributed by atoms with Crippen molar-refractivity contribution in [2.24, 2.45) is 5.92 Å². The summed E-state index contributed by atoms with van der Waals surface area (Å²) in [5, 5.41) is 9.82. The van der Waals surface area contributed by atoms with Crippen LogP contribution in [0.1, 0.15) is 23.1 Å². The summed E-state index contributed by atoms with van der Waals surface area (Å²) >= 11 is 0. The van der Waals surface area contributed by atoms with Crippen molar-refractivity contribution in [2.75, 3.05) is 0 Å². The third-order valence-electron chi connectivity index (χ3n) is 4.46. The topological polar surface area (TPSA) is 95.2 Å². The number of aromatic nitrogens is 2. The molecule has 2 aliphatic rings. The van der Waals surface area contributed by atoms with Crippen LogP contribution in [-0.4, -0.2) is 21.4 Å². The predicted octanol–water partition coefficient (Wildman–Crippen LogP) is 0.962. The Labute approximate surface area is 131 Å². The van der Waals surface area contributed by atoms with E-state index in [1.54, 1.807) is 6.08 Å². The van der Waals surface area contributed by atoms with Crippen LogP contribution < -0.4 is 16.0 Å². The van der Waals surface area contributed by atoms with Crippen LogP contribution in [0.4, 0.5) is 0 Å². The number of fused-ring (bicyclic) bond motifs is 2. The van der Waals surface area contributed by atoms with Gasteiger partial charge in [-0.05, 0) is 48.0 Å². The minimum absolute atomic E-state index is 0.0410. The van der Waals surface area contributed by atoms with E-state index in [1.165, 1.54) is 11.1 Å². The van der Waals surface area contributed by atoms with Gasteiger partial charge in [0.05, 0.1) is 0 Å². The maximum Gasteiger partial charge on any atom is 0.328 e. The van der Waals surface area contributed by atoms with Gasteiger partial charge in [-0.2, -0.15) is 0 Å². The van der Waals surface area contributed by atoms with Crippen LogP contribution in [0.15, 0.2) is 39.9 Å². The van der Waals surface area contributed by atoms with Crippen LogP contribution in [0.3, 0.4) is 0 Å². The Kier molecular flexibility index (Phi) is 3.20. The lowest BCUT2D eigenvalue weighted by Gasteiger charge is -2.22. The molecule has 0 amide bonds. The number of rotatable bonds is 2. The van der Waals surface area contributed by atoms with E-state index in [2.05, 4.69) is 22.1 Å². The van der Waals surface area contributed by atoms with Crippen molar-refractivity contribution < 1.29 is 9.84 Å². The summed E-state index contributed by atoms with van der Waals surface area (Å²) < 4.78 is 5.15. The molecule has 0 saturated heterocycles. The Hall–Kier alpha value is -2.60. The lowest BCUT2D eigenvalue weighted by molar-refractivity contribution is 0.0180. The number of aliphatic hydroxyl groups is 1. The molecule has 23 heavy (non-hydrogen) atoms. The van der Waals surface area contributed by atoms with E-state index in [-0.39, 0.29) is 5.88 Å². The Balaban J connectivity index is 1.66. The number of ether oxygens (including phenoxy) is 1. The fourth-order valence-corrected chi connectivity index (χ4v) is 3.53. The van der Waals surface area contributed by atoms with Crippen LogP contribution in [0, 0.1) is 5.92 Å². The van der Waals surface area contributed by atoms with Crippen molar-refractivity contribution in [1.82, 2.24) is 9.97 Å². The van der Waals surface area contributed by atoms with E-state index >= 15 is 0 Å². The molecule has 118 valence electrons. The highest BCUT2D eigenvalue weighted by Crippen LogP contribution is 2.36. The molecule has 0 radical (unpaired) electrons. The standard InChI is InChI=1S/C17H16N2O4/c20-13-8-12(14-15(21)18-17(22)19-16(14)23-13)7-9-5-10-3-1-2-4-11(10)6-9/h1-4,8-9,13,20H,5-7H2,(H2,18,19,21,22). The summed E-state index contributed by atoms with van der Waals surface area (Å²) in [6.45, 7) is 0. The van der Waals surface area contributed by atoms with Crippen LogP contribution >= 0.6 is 0 Å². The van der Waals surface area contributed by atoms with Gasteiger partial charge in [0, 0.05) is 0 Å². The van der Waals surface area contributed by atoms with Crippen LogP contribution in [-0.2, 0) is 12.8 Å². The van der Waals surface area contributed by atoms with Gasteiger partial charge in [0.2, 0.25) is 12.2 Å². The molecule has 6 nitrogen and oxygen atoms in total. The molecule has 1 aromatic heterocycles. The zero-order chi connectivity index (χ0) is 16.0. The summed E-state index contributed by atoms with van der Waals surface area (Å²) in [6, 6.07) is 8.31. The van der Waals surface area contributed by atoms with Gasteiger partial charge < -0.3 is 9.84 Å². The maximum absolute atomic E-state index is 12.1. The smallest absolute Gasteiger partial charge is 0.328 e. The zero-order valence-electron chi connectivity index (χ0n) is 12.3. The highest BCUT2D eigenvalue weighted by atomic mass is 16.6. The molecule has 0 fully saturated rings. The van der Waals surface area contributed by atoms with Gasteiger partial charge in [-0.15, -0.1) is 0 Å². The predicted molar refractivity (Wildman–Crippen MR) is 84.3 cm³/mol. The van der Waals surface area contributed by atoms with Gasteiger partial charge >= 0.3 is 5.69 Å². The monoisotopic (exact) mass is 312 g/mol. The second-order valence-corrected chi connectivity index (χ2v) is 6.06. The fraction of sp³-hybridized carbons (Fsp3) is 0.294. The van der Waals surface area contributed by atoms with Gasteiger partial charge in [-0.3, -0.25) is 14.8 Å². The van der Waals surface area contributed by atoms with Crippen molar-refractivity contribution in [1.29, 1.82) is 0 Å². The van der Waals surface area contributed by atoms with Crippen molar-refractivity contribution in [3.63, 3.8) is 0 Å². The van der Waals surface area contributed by atoms with Crippen molar-refractivity contribution in [3.05, 3.63) is 67.9 Å². The van der Waals surface area contributed by atoms with E-state index in [9.17, 15) is 14.7 Å². The van der Waals surface area contributed by atoms with Crippen LogP contribution in [0.5, 0.6) is 5.88 Å². The highest BCUT2D eigenvalue weighted by Gasteiger charge is 2.28. The number of aromatic amines is 2. The first-order chi connectivity index (χ1) is 11.1. The lowest BCUT2D eigenvalue weighted by atomic mass is 9.92. The molecule has 0 spiro atoms. The molecule has 0 saturated carbocycles. The summed E-state index contributed by atoms with van der Waals surface area (Å²) in [5.74, 6) is 0.405. The van der Waals surface area contributed by atoms with Crippen molar-refractivity contribution in [2.45, 2.75) is 25.6 Å². The van der Waals surface area contributed by atoms with E-state index in [0.29, 0.717) is 23.5 Å². The van der Waals surface area contributed by atoms with Crippen molar-refractivity contribution >= 4 is 5.57 Å². The number of H-pyrrole nitrogens is 2. The molecule has 6 heteroatoms. The summed E-state index contributed by atoms with van der Waals surface area (Å²) in [7, 11) is 0. The Morgan fingerprint density at radius 3 is 2.52 bits per heavy atom. The number of aliphatic hydroxyl groups excluding tert-OH is 1. The minimum Gasteiger partial charge on any atom is -0.445 e. The van der Waals surface area contributed by atoms with E-state index in [1.807, 2.05) is 12.1 Å². The molecule has 1 aromatic carbocycles. The number of allylic oxidation sites excluding steroid dienone is 1. The molecular weight excluding hydrogens is 296 g/mol. The lowest BCUT2D eigenvalue weighted by Crippen LogP contribution is -2.31. The van der Waals surface area contributed by atoms with Crippen LogP contribution in [0.2, 0.25) is 0 Å². The van der Waals surface area contributed by atoms with Crippen LogP contribution in [0.25, 0.3) is 5.57 Å². The molecule has 1 aliphatic heterocycles. The zero-order valence-corrected chi connectivity index (χ0v) is 12.3. The van der Waals surface area contributed by atoms with E-state index < -0.39 is 17.5 Å². The normalized spacial score (nSPS) is 19.7. The van der Waals surface area contributed by atoms with Crippen molar-refractivity contribution in [3.8, 4) is 5.88 Å². The third-order valence-corrected chi connectivity index (χ3v) is 4.46. The molecule has 1 aliphatic carbocycles. The molecule has 2 heterocycles. The number of nitrogens with one attached hydrogen (secondary N) is 2. The SMILES string of the molecule is O=c1[nH]c2c(c(=O)[nH]1)C(CC1Cc3ccccc3C1)=CC(O)O2. The molecule has 2 aromatic rings.